The summed E-state index contributed by atoms with van der Waals surface area (Å²) in [7, 11) is 1.68. The Morgan fingerprint density at radius 1 is 1.42 bits per heavy atom. The van der Waals surface area contributed by atoms with Gasteiger partial charge in [-0.2, -0.15) is 0 Å². The highest BCUT2D eigenvalue weighted by molar-refractivity contribution is 8.04. The van der Waals surface area contributed by atoms with E-state index in [1.807, 2.05) is 32.0 Å². The van der Waals surface area contributed by atoms with Gasteiger partial charge in [-0.15, -0.1) is 0 Å². The Labute approximate surface area is 116 Å². The molecule has 0 aliphatic carbocycles. The molecule has 1 aliphatic rings. The Hall–Kier alpha value is -1.75. The topological polar surface area (TPSA) is 49.4 Å². The molecule has 2 rings (SSSR count). The summed E-state index contributed by atoms with van der Waals surface area (Å²) < 4.78 is 0. The number of aryl methyl sites for hydroxylation is 1. The minimum atomic E-state index is -0.210. The van der Waals surface area contributed by atoms with Gasteiger partial charge in [0.05, 0.1) is 10.8 Å². The molecular weight excluding hydrogens is 260 g/mol. The molecule has 0 radical (unpaired) electrons. The largest absolute Gasteiger partial charge is 0.322 e. The molecule has 5 heteroatoms. The van der Waals surface area contributed by atoms with Crippen molar-refractivity contribution in [3.63, 3.8) is 0 Å². The number of anilines is 1. The number of nitrogens with one attached hydrogen (secondary N) is 1. The maximum absolute atomic E-state index is 11.9. The van der Waals surface area contributed by atoms with E-state index in [1.54, 1.807) is 7.05 Å². The van der Waals surface area contributed by atoms with Crippen molar-refractivity contribution in [1.82, 2.24) is 4.90 Å². The van der Waals surface area contributed by atoms with E-state index in [2.05, 4.69) is 5.32 Å². The predicted molar refractivity (Wildman–Crippen MR) is 77.9 cm³/mol. The first kappa shape index (κ1) is 13.7. The maximum atomic E-state index is 11.9. The first-order valence-electron chi connectivity index (χ1n) is 5.97. The molecular formula is C14H16N2O2S. The summed E-state index contributed by atoms with van der Waals surface area (Å²) in [5, 5.41) is 3.53. The number of rotatable bonds is 2. The van der Waals surface area contributed by atoms with Gasteiger partial charge in [-0.25, -0.2) is 0 Å². The van der Waals surface area contributed by atoms with Crippen LogP contribution >= 0.6 is 11.8 Å². The van der Waals surface area contributed by atoms with Gasteiger partial charge in [0.1, 0.15) is 0 Å². The summed E-state index contributed by atoms with van der Waals surface area (Å²) >= 11 is 1.38. The van der Waals surface area contributed by atoms with E-state index in [1.165, 1.54) is 22.7 Å². The fourth-order valence-electron chi connectivity index (χ4n) is 1.76. The van der Waals surface area contributed by atoms with Gasteiger partial charge in [0.25, 0.3) is 5.91 Å². The van der Waals surface area contributed by atoms with Gasteiger partial charge in [0, 0.05) is 18.8 Å². The standard InChI is InChI=1S/C14H16N2O2S/c1-9-5-4-6-11(10(9)2)15-12(17)7-14-16(3)13(18)8-19-14/h4-7H,8H2,1-3H3,(H,15,17)/b14-7-. The van der Waals surface area contributed by atoms with Crippen molar-refractivity contribution in [2.45, 2.75) is 13.8 Å². The molecule has 1 aliphatic heterocycles. The number of hydrogen-bond acceptors (Lipinski definition) is 3. The zero-order valence-corrected chi connectivity index (χ0v) is 12.0. The van der Waals surface area contributed by atoms with Crippen LogP contribution in [0.3, 0.4) is 0 Å². The second kappa shape index (κ2) is 5.48. The molecule has 1 saturated heterocycles. The minimum Gasteiger partial charge on any atom is -0.322 e. The zero-order chi connectivity index (χ0) is 14.0. The smallest absolute Gasteiger partial charge is 0.251 e. The van der Waals surface area contributed by atoms with Gasteiger partial charge in [0.15, 0.2) is 0 Å². The van der Waals surface area contributed by atoms with Crippen LogP contribution in [0.1, 0.15) is 11.1 Å². The molecule has 19 heavy (non-hydrogen) atoms. The van der Waals surface area contributed by atoms with E-state index in [0.717, 1.165) is 16.8 Å². The lowest BCUT2D eigenvalue weighted by Gasteiger charge is -2.11. The Kier molecular flexibility index (Phi) is 3.95. The van der Waals surface area contributed by atoms with Gasteiger partial charge in [-0.1, -0.05) is 23.9 Å². The predicted octanol–water partition coefficient (Wildman–Crippen LogP) is 2.29. The number of benzene rings is 1. The molecule has 1 N–H and O–H groups in total. The van der Waals surface area contributed by atoms with Crippen LogP contribution in [0.15, 0.2) is 29.3 Å². The second-order valence-electron chi connectivity index (χ2n) is 4.46. The lowest BCUT2D eigenvalue weighted by molar-refractivity contribution is -0.124. The molecule has 1 aromatic rings. The van der Waals surface area contributed by atoms with E-state index in [9.17, 15) is 9.59 Å². The molecule has 0 bridgehead atoms. The van der Waals surface area contributed by atoms with E-state index >= 15 is 0 Å². The fraction of sp³-hybridized carbons (Fsp3) is 0.286. The van der Waals surface area contributed by atoms with Crippen molar-refractivity contribution in [3.8, 4) is 0 Å². The third-order valence-corrected chi connectivity index (χ3v) is 4.24. The van der Waals surface area contributed by atoms with Crippen molar-refractivity contribution in [2.75, 3.05) is 18.1 Å². The molecule has 0 aromatic heterocycles. The summed E-state index contributed by atoms with van der Waals surface area (Å²) in [4.78, 5) is 24.8. The molecule has 1 aromatic carbocycles. The molecule has 4 nitrogen and oxygen atoms in total. The monoisotopic (exact) mass is 276 g/mol. The van der Waals surface area contributed by atoms with E-state index in [4.69, 9.17) is 0 Å². The van der Waals surface area contributed by atoms with Gasteiger partial charge < -0.3 is 10.2 Å². The van der Waals surface area contributed by atoms with Crippen LogP contribution in [0.4, 0.5) is 5.69 Å². The molecule has 0 spiro atoms. The normalized spacial score (nSPS) is 17.1. The number of hydrogen-bond donors (Lipinski definition) is 1. The van der Waals surface area contributed by atoms with Crippen LogP contribution in [0.5, 0.6) is 0 Å². The van der Waals surface area contributed by atoms with Gasteiger partial charge in [-0.3, -0.25) is 9.59 Å². The molecule has 2 amide bonds. The van der Waals surface area contributed by atoms with Crippen LogP contribution in [0, 0.1) is 13.8 Å². The Morgan fingerprint density at radius 3 is 2.79 bits per heavy atom. The van der Waals surface area contributed by atoms with Crippen LogP contribution in [0.25, 0.3) is 0 Å². The Bertz CT molecular complexity index is 567. The zero-order valence-electron chi connectivity index (χ0n) is 11.2. The summed E-state index contributed by atoms with van der Waals surface area (Å²) in [6, 6.07) is 5.78. The lowest BCUT2D eigenvalue weighted by atomic mass is 10.1. The van der Waals surface area contributed by atoms with Crippen molar-refractivity contribution in [3.05, 3.63) is 40.4 Å². The number of carbonyl (C=O) groups excluding carboxylic acids is 2. The highest BCUT2D eigenvalue weighted by Crippen LogP contribution is 2.27. The van der Waals surface area contributed by atoms with E-state index in [0.29, 0.717) is 10.8 Å². The van der Waals surface area contributed by atoms with E-state index in [-0.39, 0.29) is 11.8 Å². The SMILES string of the molecule is Cc1cccc(NC(=O)/C=C2\SCC(=O)N2C)c1C. The number of nitrogens with zero attached hydrogens (tertiary/aromatic N) is 1. The minimum absolute atomic E-state index is 0.0239. The fourth-order valence-corrected chi connectivity index (χ4v) is 2.71. The van der Waals surface area contributed by atoms with Crippen LogP contribution < -0.4 is 5.32 Å². The van der Waals surface area contributed by atoms with Crippen molar-refractivity contribution < 1.29 is 9.59 Å². The molecule has 1 fully saturated rings. The first-order chi connectivity index (χ1) is 8.99. The van der Waals surface area contributed by atoms with Gasteiger partial charge in [-0.05, 0) is 31.0 Å². The Balaban J connectivity index is 2.12. The summed E-state index contributed by atoms with van der Waals surface area (Å²) in [6.45, 7) is 3.97. The molecule has 0 saturated carbocycles. The third-order valence-electron chi connectivity index (χ3n) is 3.17. The maximum Gasteiger partial charge on any atom is 0.251 e. The lowest BCUT2D eigenvalue weighted by Crippen LogP contribution is -2.20. The average molecular weight is 276 g/mol. The van der Waals surface area contributed by atoms with Crippen LogP contribution in [-0.2, 0) is 9.59 Å². The van der Waals surface area contributed by atoms with Crippen LogP contribution in [-0.4, -0.2) is 29.5 Å². The summed E-state index contributed by atoms with van der Waals surface area (Å²) in [6.07, 6.45) is 1.47. The third kappa shape index (κ3) is 2.98. The van der Waals surface area contributed by atoms with Crippen molar-refractivity contribution in [1.29, 1.82) is 0 Å². The molecule has 0 unspecified atom stereocenters. The van der Waals surface area contributed by atoms with Gasteiger partial charge >= 0.3 is 0 Å². The molecule has 1 heterocycles. The number of carbonyl (C=O) groups is 2. The highest BCUT2D eigenvalue weighted by Gasteiger charge is 2.23. The molecule has 0 atom stereocenters. The molecule has 100 valence electrons. The average Bonchev–Trinajstić information content (AvgIpc) is 2.67. The number of thioether (sulfide) groups is 1. The number of amides is 2. The quantitative estimate of drug-likeness (QED) is 0.843. The van der Waals surface area contributed by atoms with E-state index < -0.39 is 0 Å². The first-order valence-corrected chi connectivity index (χ1v) is 6.96. The summed E-state index contributed by atoms with van der Waals surface area (Å²) in [5.74, 6) is 0.215. The highest BCUT2D eigenvalue weighted by atomic mass is 32.2. The Morgan fingerprint density at radius 2 is 2.16 bits per heavy atom. The van der Waals surface area contributed by atoms with Crippen molar-refractivity contribution in [2.24, 2.45) is 0 Å². The van der Waals surface area contributed by atoms with Crippen molar-refractivity contribution >= 4 is 29.3 Å². The van der Waals surface area contributed by atoms with Gasteiger partial charge in [0.2, 0.25) is 5.91 Å². The second-order valence-corrected chi connectivity index (χ2v) is 5.46. The summed E-state index contributed by atoms with van der Waals surface area (Å²) in [5.41, 5.74) is 2.99. The van der Waals surface area contributed by atoms with Crippen LogP contribution in [0.2, 0.25) is 0 Å².